The molecule has 0 radical (unpaired) electrons. The molecule has 0 aromatic heterocycles. The first kappa shape index (κ1) is 10.7. The van der Waals surface area contributed by atoms with Gasteiger partial charge >= 0.3 is 0 Å². The summed E-state index contributed by atoms with van der Waals surface area (Å²) in [5.74, 6) is 0.899. The van der Waals surface area contributed by atoms with Crippen molar-refractivity contribution in [2.45, 2.75) is 13.8 Å². The van der Waals surface area contributed by atoms with E-state index in [1.54, 1.807) is 7.11 Å². The second kappa shape index (κ2) is 4.40. The van der Waals surface area contributed by atoms with Crippen LogP contribution >= 0.6 is 0 Å². The molecule has 0 aliphatic rings. The zero-order valence-electron chi connectivity index (χ0n) is 9.95. The normalized spacial score (nSPS) is 10.2. The predicted molar refractivity (Wildman–Crippen MR) is 67.9 cm³/mol. The number of hydrogen-bond donors (Lipinski definition) is 0. The molecule has 0 bridgehead atoms. The molecular weight excluding hydrogens is 196 g/mol. The van der Waals surface area contributed by atoms with E-state index in [0.717, 1.165) is 5.75 Å². The molecule has 0 amide bonds. The third-order valence-corrected chi connectivity index (χ3v) is 2.91. The molecule has 0 saturated heterocycles. The fraction of sp³-hybridized carbons (Fsp3) is 0.200. The van der Waals surface area contributed by atoms with E-state index < -0.39 is 0 Å². The summed E-state index contributed by atoms with van der Waals surface area (Å²) >= 11 is 0. The molecule has 0 aliphatic heterocycles. The largest absolute Gasteiger partial charge is 0.497 e. The van der Waals surface area contributed by atoms with Crippen LogP contribution in [-0.4, -0.2) is 7.11 Å². The van der Waals surface area contributed by atoms with Gasteiger partial charge in [-0.05, 0) is 48.2 Å². The zero-order chi connectivity index (χ0) is 11.5. The highest BCUT2D eigenvalue weighted by molar-refractivity contribution is 5.66. The van der Waals surface area contributed by atoms with Crippen molar-refractivity contribution in [1.29, 1.82) is 0 Å². The zero-order valence-corrected chi connectivity index (χ0v) is 9.95. The third kappa shape index (κ3) is 2.08. The molecule has 2 rings (SSSR count). The Hall–Kier alpha value is -1.76. The predicted octanol–water partition coefficient (Wildman–Crippen LogP) is 3.98. The van der Waals surface area contributed by atoms with Gasteiger partial charge in [-0.3, -0.25) is 0 Å². The Morgan fingerprint density at radius 3 is 2.25 bits per heavy atom. The molecule has 0 atom stereocenters. The van der Waals surface area contributed by atoms with Crippen molar-refractivity contribution in [3.8, 4) is 16.9 Å². The minimum absolute atomic E-state index is 0.899. The number of rotatable bonds is 2. The number of benzene rings is 2. The monoisotopic (exact) mass is 212 g/mol. The molecule has 0 N–H and O–H groups in total. The van der Waals surface area contributed by atoms with Crippen LogP contribution in [0.25, 0.3) is 11.1 Å². The van der Waals surface area contributed by atoms with Crippen molar-refractivity contribution in [2.24, 2.45) is 0 Å². The highest BCUT2D eigenvalue weighted by Gasteiger charge is 2.01. The van der Waals surface area contributed by atoms with E-state index in [2.05, 4.69) is 44.2 Å². The maximum absolute atomic E-state index is 5.23. The number of hydrogen-bond acceptors (Lipinski definition) is 1. The van der Waals surface area contributed by atoms with Gasteiger partial charge in [-0.25, -0.2) is 0 Å². The van der Waals surface area contributed by atoms with Crippen LogP contribution in [-0.2, 0) is 0 Å². The average molecular weight is 212 g/mol. The minimum Gasteiger partial charge on any atom is -0.497 e. The van der Waals surface area contributed by atoms with Gasteiger partial charge in [0.2, 0.25) is 0 Å². The topological polar surface area (TPSA) is 9.23 Å². The quantitative estimate of drug-likeness (QED) is 0.731. The molecule has 16 heavy (non-hydrogen) atoms. The second-order valence-electron chi connectivity index (χ2n) is 4.03. The molecule has 2 aromatic rings. The first-order valence-corrected chi connectivity index (χ1v) is 5.42. The molecule has 0 heterocycles. The van der Waals surface area contributed by atoms with Gasteiger partial charge in [0.1, 0.15) is 5.75 Å². The summed E-state index contributed by atoms with van der Waals surface area (Å²) in [6.45, 7) is 4.27. The van der Waals surface area contributed by atoms with Gasteiger partial charge in [-0.15, -0.1) is 0 Å². The lowest BCUT2D eigenvalue weighted by Gasteiger charge is -2.07. The van der Waals surface area contributed by atoms with Crippen molar-refractivity contribution in [1.82, 2.24) is 0 Å². The Labute approximate surface area is 96.7 Å². The van der Waals surface area contributed by atoms with Crippen LogP contribution in [0.4, 0.5) is 0 Å². The number of aryl methyl sites for hydroxylation is 2. The van der Waals surface area contributed by atoms with Gasteiger partial charge in [-0.2, -0.15) is 0 Å². The maximum Gasteiger partial charge on any atom is 0.119 e. The summed E-state index contributed by atoms with van der Waals surface area (Å²) in [4.78, 5) is 0. The molecule has 0 aliphatic carbocycles. The molecule has 0 saturated carbocycles. The summed E-state index contributed by atoms with van der Waals surface area (Å²) in [5.41, 5.74) is 5.08. The molecule has 2 aromatic carbocycles. The standard InChI is InChI=1S/C15H16O/c1-11-7-8-14(9-12(11)2)13-5-4-6-15(10-13)16-3/h4-10H,1-3H3. The smallest absolute Gasteiger partial charge is 0.119 e. The van der Waals surface area contributed by atoms with Crippen molar-refractivity contribution in [3.05, 3.63) is 53.6 Å². The molecule has 0 spiro atoms. The van der Waals surface area contributed by atoms with Crippen LogP contribution < -0.4 is 4.74 Å². The van der Waals surface area contributed by atoms with Crippen LogP contribution in [0.3, 0.4) is 0 Å². The first-order valence-electron chi connectivity index (χ1n) is 5.42. The molecule has 0 fully saturated rings. The molecule has 82 valence electrons. The van der Waals surface area contributed by atoms with Gasteiger partial charge in [-0.1, -0.05) is 30.3 Å². The lowest BCUT2D eigenvalue weighted by atomic mass is 10.0. The van der Waals surface area contributed by atoms with Crippen molar-refractivity contribution >= 4 is 0 Å². The van der Waals surface area contributed by atoms with Gasteiger partial charge < -0.3 is 4.74 Å². The van der Waals surface area contributed by atoms with Crippen LogP contribution in [0.15, 0.2) is 42.5 Å². The van der Waals surface area contributed by atoms with Crippen molar-refractivity contribution < 1.29 is 4.74 Å². The van der Waals surface area contributed by atoms with E-state index in [4.69, 9.17) is 4.74 Å². The van der Waals surface area contributed by atoms with Gasteiger partial charge in [0.25, 0.3) is 0 Å². The third-order valence-electron chi connectivity index (χ3n) is 2.91. The van der Waals surface area contributed by atoms with Crippen molar-refractivity contribution in [3.63, 3.8) is 0 Å². The fourth-order valence-corrected chi connectivity index (χ4v) is 1.72. The van der Waals surface area contributed by atoms with E-state index in [1.165, 1.54) is 22.3 Å². The van der Waals surface area contributed by atoms with Crippen LogP contribution in [0.1, 0.15) is 11.1 Å². The molecule has 1 nitrogen and oxygen atoms in total. The Balaban J connectivity index is 2.46. The lowest BCUT2D eigenvalue weighted by molar-refractivity contribution is 0.415. The Kier molecular flexibility index (Phi) is 2.95. The lowest BCUT2D eigenvalue weighted by Crippen LogP contribution is -1.85. The van der Waals surface area contributed by atoms with E-state index in [1.807, 2.05) is 12.1 Å². The summed E-state index contributed by atoms with van der Waals surface area (Å²) in [5, 5.41) is 0. The summed E-state index contributed by atoms with van der Waals surface area (Å²) in [6.07, 6.45) is 0. The SMILES string of the molecule is COc1cccc(-c2ccc(C)c(C)c2)c1. The van der Waals surface area contributed by atoms with Gasteiger partial charge in [0.15, 0.2) is 0 Å². The van der Waals surface area contributed by atoms with Crippen LogP contribution in [0.5, 0.6) is 5.75 Å². The van der Waals surface area contributed by atoms with Crippen LogP contribution in [0, 0.1) is 13.8 Å². The molecule has 1 heteroatoms. The number of methoxy groups -OCH3 is 1. The fourth-order valence-electron chi connectivity index (χ4n) is 1.72. The van der Waals surface area contributed by atoms with E-state index in [9.17, 15) is 0 Å². The van der Waals surface area contributed by atoms with E-state index >= 15 is 0 Å². The van der Waals surface area contributed by atoms with Crippen LogP contribution in [0.2, 0.25) is 0 Å². The minimum atomic E-state index is 0.899. The molecule has 0 unspecified atom stereocenters. The Morgan fingerprint density at radius 2 is 1.56 bits per heavy atom. The van der Waals surface area contributed by atoms with E-state index in [0.29, 0.717) is 0 Å². The molecular formula is C15H16O. The van der Waals surface area contributed by atoms with Crippen molar-refractivity contribution in [2.75, 3.05) is 7.11 Å². The summed E-state index contributed by atoms with van der Waals surface area (Å²) < 4.78 is 5.23. The van der Waals surface area contributed by atoms with Gasteiger partial charge in [0.05, 0.1) is 7.11 Å². The summed E-state index contributed by atoms with van der Waals surface area (Å²) in [7, 11) is 1.69. The van der Waals surface area contributed by atoms with Gasteiger partial charge in [0, 0.05) is 0 Å². The average Bonchev–Trinajstić information content (AvgIpc) is 2.33. The first-order chi connectivity index (χ1) is 7.70. The van der Waals surface area contributed by atoms with E-state index in [-0.39, 0.29) is 0 Å². The Bertz CT molecular complexity index is 501. The highest BCUT2D eigenvalue weighted by Crippen LogP contribution is 2.25. The number of ether oxygens (including phenoxy) is 1. The second-order valence-corrected chi connectivity index (χ2v) is 4.03. The summed E-state index contributed by atoms with van der Waals surface area (Å²) in [6, 6.07) is 14.7. The Morgan fingerprint density at radius 1 is 0.812 bits per heavy atom. The highest BCUT2D eigenvalue weighted by atomic mass is 16.5. The maximum atomic E-state index is 5.23.